The summed E-state index contributed by atoms with van der Waals surface area (Å²) in [5.74, 6) is -1.73. The molecule has 4 nitrogen and oxygen atoms in total. The normalized spacial score (nSPS) is 19.2. The molecule has 1 atom stereocenters. The van der Waals surface area contributed by atoms with Crippen molar-refractivity contribution in [1.82, 2.24) is 5.32 Å². The van der Waals surface area contributed by atoms with E-state index in [1.54, 1.807) is 0 Å². The van der Waals surface area contributed by atoms with Gasteiger partial charge in [0.15, 0.2) is 5.82 Å². The van der Waals surface area contributed by atoms with Gasteiger partial charge in [0.05, 0.1) is 15.4 Å². The number of anilines is 1. The van der Waals surface area contributed by atoms with Gasteiger partial charge in [0, 0.05) is 6.54 Å². The fraction of sp³-hybridized carbons (Fsp3) is 0.455. The van der Waals surface area contributed by atoms with Crippen LogP contribution in [0.4, 0.5) is 14.5 Å². The molecule has 0 aromatic heterocycles. The van der Waals surface area contributed by atoms with E-state index >= 15 is 0 Å². The predicted octanol–water partition coefficient (Wildman–Crippen LogP) is 2.64. The molecule has 0 bridgehead atoms. The first-order valence-electron chi connectivity index (χ1n) is 5.77. The molecular weight excluding hydrogens is 378 g/mol. The standard InChI is InChI=1S/C11H13BrF2N2O2S.ClH/c12-10-8(13)3-4-9(11(10)14)16-19(17,18)7-2-1-5-15-6-7;/h3-4,7,15-16H,1-2,5-6H2;1H. The molecule has 0 spiro atoms. The molecule has 1 unspecified atom stereocenters. The lowest BCUT2D eigenvalue weighted by Crippen LogP contribution is -2.41. The van der Waals surface area contributed by atoms with Crippen molar-refractivity contribution < 1.29 is 17.2 Å². The van der Waals surface area contributed by atoms with E-state index in [2.05, 4.69) is 26.0 Å². The van der Waals surface area contributed by atoms with Crippen molar-refractivity contribution >= 4 is 44.0 Å². The van der Waals surface area contributed by atoms with Crippen LogP contribution in [-0.2, 0) is 10.0 Å². The summed E-state index contributed by atoms with van der Waals surface area (Å²) >= 11 is 2.74. The highest BCUT2D eigenvalue weighted by Crippen LogP contribution is 2.27. The summed E-state index contributed by atoms with van der Waals surface area (Å²) < 4.78 is 52.8. The highest BCUT2D eigenvalue weighted by atomic mass is 79.9. The zero-order chi connectivity index (χ0) is 14.0. The van der Waals surface area contributed by atoms with Crippen molar-refractivity contribution in [3.63, 3.8) is 0 Å². The second kappa shape index (κ2) is 7.02. The quantitative estimate of drug-likeness (QED) is 0.779. The fourth-order valence-electron chi connectivity index (χ4n) is 1.93. The van der Waals surface area contributed by atoms with Crippen LogP contribution in [0.3, 0.4) is 0 Å². The molecular formula is C11H14BrClF2N2O2S. The molecule has 0 amide bonds. The molecule has 0 saturated carbocycles. The highest BCUT2D eigenvalue weighted by Gasteiger charge is 2.28. The average molecular weight is 392 g/mol. The van der Waals surface area contributed by atoms with Gasteiger partial charge in [0.1, 0.15) is 5.82 Å². The molecule has 1 aromatic carbocycles. The van der Waals surface area contributed by atoms with Crippen molar-refractivity contribution in [1.29, 1.82) is 0 Å². The van der Waals surface area contributed by atoms with Crippen molar-refractivity contribution in [2.45, 2.75) is 18.1 Å². The molecule has 1 aliphatic heterocycles. The number of nitrogens with one attached hydrogen (secondary N) is 2. The largest absolute Gasteiger partial charge is 0.315 e. The summed E-state index contributed by atoms with van der Waals surface area (Å²) in [4.78, 5) is 0. The summed E-state index contributed by atoms with van der Waals surface area (Å²) in [6.07, 6.45) is 1.27. The molecule has 1 saturated heterocycles. The van der Waals surface area contributed by atoms with Crippen molar-refractivity contribution in [3.05, 3.63) is 28.2 Å². The third-order valence-corrected chi connectivity index (χ3v) is 5.49. The first-order valence-corrected chi connectivity index (χ1v) is 8.11. The van der Waals surface area contributed by atoms with E-state index in [1.165, 1.54) is 0 Å². The summed E-state index contributed by atoms with van der Waals surface area (Å²) in [5, 5.41) is 2.37. The Kier molecular flexibility index (Phi) is 6.18. The summed E-state index contributed by atoms with van der Waals surface area (Å²) in [6, 6.07) is 2.08. The third kappa shape index (κ3) is 3.81. The zero-order valence-electron chi connectivity index (χ0n) is 10.3. The Morgan fingerprint density at radius 1 is 1.35 bits per heavy atom. The molecule has 2 N–H and O–H groups in total. The molecule has 1 heterocycles. The number of halogens is 4. The molecule has 1 aromatic rings. The second-order valence-corrected chi connectivity index (χ2v) is 7.09. The number of hydrogen-bond acceptors (Lipinski definition) is 3. The van der Waals surface area contributed by atoms with E-state index in [-0.39, 0.29) is 22.6 Å². The molecule has 0 radical (unpaired) electrons. The van der Waals surface area contributed by atoms with Crippen LogP contribution in [0, 0.1) is 11.6 Å². The van der Waals surface area contributed by atoms with E-state index in [4.69, 9.17) is 0 Å². The van der Waals surface area contributed by atoms with E-state index in [9.17, 15) is 17.2 Å². The topological polar surface area (TPSA) is 58.2 Å². The minimum atomic E-state index is -3.68. The molecule has 114 valence electrons. The first kappa shape index (κ1) is 17.6. The molecule has 1 fully saturated rings. The Bertz CT molecular complexity index is 580. The van der Waals surface area contributed by atoms with Gasteiger partial charge in [-0.15, -0.1) is 12.4 Å². The van der Waals surface area contributed by atoms with Gasteiger partial charge < -0.3 is 5.32 Å². The molecule has 9 heteroatoms. The molecule has 1 aliphatic rings. The van der Waals surface area contributed by atoms with Crippen molar-refractivity contribution in [2.75, 3.05) is 17.8 Å². The lowest BCUT2D eigenvalue weighted by atomic mass is 10.2. The number of rotatable bonds is 3. The van der Waals surface area contributed by atoms with Gasteiger partial charge in [0.25, 0.3) is 0 Å². The average Bonchev–Trinajstić information content (AvgIpc) is 2.40. The zero-order valence-corrected chi connectivity index (χ0v) is 13.5. The van der Waals surface area contributed by atoms with Crippen LogP contribution in [-0.4, -0.2) is 26.8 Å². The van der Waals surface area contributed by atoms with Gasteiger partial charge in [0.2, 0.25) is 10.0 Å². The number of benzene rings is 1. The van der Waals surface area contributed by atoms with Crippen molar-refractivity contribution in [2.24, 2.45) is 0 Å². The molecule has 2 rings (SSSR count). The van der Waals surface area contributed by atoms with Crippen LogP contribution in [0.1, 0.15) is 12.8 Å². The Balaban J connectivity index is 0.00000200. The van der Waals surface area contributed by atoms with E-state index in [0.29, 0.717) is 13.0 Å². The minimum absolute atomic E-state index is 0. The summed E-state index contributed by atoms with van der Waals surface area (Å²) in [6.45, 7) is 1.11. The maximum absolute atomic E-state index is 13.7. The Hall–Kier alpha value is -0.440. The van der Waals surface area contributed by atoms with Crippen LogP contribution in [0.2, 0.25) is 0 Å². The maximum Gasteiger partial charge on any atom is 0.236 e. The maximum atomic E-state index is 13.7. The Morgan fingerprint density at radius 2 is 2.05 bits per heavy atom. The van der Waals surface area contributed by atoms with Gasteiger partial charge in [-0.1, -0.05) is 0 Å². The monoisotopic (exact) mass is 390 g/mol. The lowest BCUT2D eigenvalue weighted by molar-refractivity contribution is 0.499. The summed E-state index contributed by atoms with van der Waals surface area (Å²) in [5.41, 5.74) is -0.251. The van der Waals surface area contributed by atoms with Crippen LogP contribution in [0.5, 0.6) is 0 Å². The van der Waals surface area contributed by atoms with E-state index in [0.717, 1.165) is 25.1 Å². The summed E-state index contributed by atoms with van der Waals surface area (Å²) in [7, 11) is -3.68. The van der Waals surface area contributed by atoms with Crippen LogP contribution in [0.15, 0.2) is 16.6 Å². The first-order chi connectivity index (χ1) is 8.92. The number of hydrogen-bond donors (Lipinski definition) is 2. The highest BCUT2D eigenvalue weighted by molar-refractivity contribution is 9.10. The van der Waals surface area contributed by atoms with Gasteiger partial charge in [-0.3, -0.25) is 4.72 Å². The third-order valence-electron chi connectivity index (χ3n) is 2.98. The fourth-order valence-corrected chi connectivity index (χ4v) is 3.72. The molecule has 20 heavy (non-hydrogen) atoms. The van der Waals surface area contributed by atoms with Gasteiger partial charge in [-0.25, -0.2) is 17.2 Å². The van der Waals surface area contributed by atoms with Crippen molar-refractivity contribution in [3.8, 4) is 0 Å². The van der Waals surface area contributed by atoms with Gasteiger partial charge in [-0.2, -0.15) is 0 Å². The number of piperidine rings is 1. The Labute approximate surface area is 130 Å². The minimum Gasteiger partial charge on any atom is -0.315 e. The smallest absolute Gasteiger partial charge is 0.236 e. The lowest BCUT2D eigenvalue weighted by Gasteiger charge is -2.23. The van der Waals surface area contributed by atoms with Crippen LogP contribution < -0.4 is 10.0 Å². The number of sulfonamides is 1. The van der Waals surface area contributed by atoms with E-state index < -0.39 is 26.9 Å². The van der Waals surface area contributed by atoms with Crippen LogP contribution >= 0.6 is 28.3 Å². The van der Waals surface area contributed by atoms with Gasteiger partial charge >= 0.3 is 0 Å². The SMILES string of the molecule is Cl.O=S(=O)(Nc1ccc(F)c(Br)c1F)C1CCCNC1. The second-order valence-electron chi connectivity index (χ2n) is 4.34. The molecule has 0 aliphatic carbocycles. The van der Waals surface area contributed by atoms with Gasteiger partial charge in [-0.05, 0) is 47.4 Å². The van der Waals surface area contributed by atoms with E-state index in [1.807, 2.05) is 0 Å². The Morgan fingerprint density at radius 3 is 2.65 bits per heavy atom. The predicted molar refractivity (Wildman–Crippen MR) is 79.7 cm³/mol. The van der Waals surface area contributed by atoms with Crippen LogP contribution in [0.25, 0.3) is 0 Å².